The van der Waals surface area contributed by atoms with E-state index in [0.717, 1.165) is 5.56 Å². The number of rotatable bonds is 6. The van der Waals surface area contributed by atoms with E-state index in [4.69, 9.17) is 16.9 Å². The molecule has 5 nitrogen and oxygen atoms in total. The predicted molar refractivity (Wildman–Crippen MR) is 292 cm³/mol. The van der Waals surface area contributed by atoms with Gasteiger partial charge in [0.1, 0.15) is 5.84 Å². The predicted octanol–water partition coefficient (Wildman–Crippen LogP) is 15.8. The number of para-hydroxylation sites is 2. The Morgan fingerprint density at radius 1 is 0.478 bits per heavy atom. The summed E-state index contributed by atoms with van der Waals surface area (Å²) in [6.45, 7) is 7.48. The molecule has 0 fully saturated rings. The summed E-state index contributed by atoms with van der Waals surface area (Å²) in [6, 6.07) is 83.8. The van der Waals surface area contributed by atoms with Gasteiger partial charge in [0.25, 0.3) is 0 Å². The van der Waals surface area contributed by atoms with Gasteiger partial charge in [-0.3, -0.25) is 5.41 Å². The molecule has 1 aromatic heterocycles. The van der Waals surface area contributed by atoms with Crippen LogP contribution in [0.1, 0.15) is 41.7 Å². The molecule has 0 unspecified atom stereocenters. The molecule has 0 amide bonds. The largest absolute Gasteiger partial charge is 0.384 e. The van der Waals surface area contributed by atoms with Crippen LogP contribution < -0.4 is 16.4 Å². The van der Waals surface area contributed by atoms with Gasteiger partial charge >= 0.3 is 0 Å². The Hall–Kier alpha value is -8.51. The maximum atomic E-state index is 7.01. The molecule has 0 saturated carbocycles. The number of fused-ring (bicyclic) bond motifs is 7. The smallest absolute Gasteiger partial charge is 0.122 e. The fourth-order valence-corrected chi connectivity index (χ4v) is 9.85. The average Bonchev–Trinajstić information content (AvgIpc) is 3.74. The quantitative estimate of drug-likeness (QED) is 0.115. The molecular weight excluding hydrogens is 839 g/mol. The van der Waals surface area contributed by atoms with Crippen LogP contribution in [-0.2, 0) is 12.0 Å². The lowest BCUT2D eigenvalue weighted by atomic mass is 9.73. The Bertz CT molecular complexity index is 3590. The van der Waals surface area contributed by atoms with Crippen molar-refractivity contribution in [3.8, 4) is 27.9 Å². The van der Waals surface area contributed by atoms with E-state index in [2.05, 4.69) is 218 Å². The molecule has 5 N–H and O–H groups in total. The molecule has 336 valence electrons. The second-order valence-corrected chi connectivity index (χ2v) is 18.2. The van der Waals surface area contributed by atoms with Crippen LogP contribution in [0.2, 0.25) is 0 Å². The van der Waals surface area contributed by atoms with Gasteiger partial charge in [-0.15, -0.1) is 0 Å². The van der Waals surface area contributed by atoms with E-state index in [9.17, 15) is 0 Å². The molecule has 12 rings (SSSR count). The minimum atomic E-state index is -0.127. The number of anilines is 3. The fraction of sp³-hybridized carbons (Fsp3) is 0.0781. The normalized spacial score (nSPS) is 12.3. The van der Waals surface area contributed by atoms with Crippen molar-refractivity contribution in [2.24, 2.45) is 11.5 Å². The first-order valence-electron chi connectivity index (χ1n) is 23.6. The molecule has 0 aliphatic carbocycles. The first-order valence-corrected chi connectivity index (χ1v) is 23.6. The van der Waals surface area contributed by atoms with E-state index in [1.807, 2.05) is 48.5 Å². The van der Waals surface area contributed by atoms with Crippen molar-refractivity contribution in [3.63, 3.8) is 0 Å². The van der Waals surface area contributed by atoms with Gasteiger partial charge in [-0.1, -0.05) is 202 Å². The van der Waals surface area contributed by atoms with Gasteiger partial charge in [-0.2, -0.15) is 0 Å². The first-order chi connectivity index (χ1) is 33.7. The summed E-state index contributed by atoms with van der Waals surface area (Å²) in [5.41, 5.74) is 28.7. The zero-order chi connectivity index (χ0) is 47.5. The maximum absolute atomic E-state index is 7.01. The van der Waals surface area contributed by atoms with E-state index in [0.29, 0.717) is 6.54 Å². The number of aryl methyl sites for hydroxylation is 1. The third kappa shape index (κ3) is 8.68. The zero-order valence-electron chi connectivity index (χ0n) is 39.3. The molecule has 0 bridgehead atoms. The lowest BCUT2D eigenvalue weighted by Crippen LogP contribution is -2.30. The van der Waals surface area contributed by atoms with Crippen LogP contribution in [0.5, 0.6) is 0 Å². The summed E-state index contributed by atoms with van der Waals surface area (Å²) in [7, 11) is 0. The number of nitrogens with one attached hydrogen (secondary N) is 1. The minimum Gasteiger partial charge on any atom is -0.384 e. The van der Waals surface area contributed by atoms with Gasteiger partial charge in [0, 0.05) is 39.7 Å². The molecule has 11 aromatic rings. The Balaban J connectivity index is 0.000000196. The van der Waals surface area contributed by atoms with Crippen molar-refractivity contribution in [2.45, 2.75) is 32.7 Å². The third-order valence-corrected chi connectivity index (χ3v) is 13.4. The molecule has 10 aromatic carbocycles. The van der Waals surface area contributed by atoms with Crippen LogP contribution in [0.3, 0.4) is 0 Å². The molecule has 1 aliphatic heterocycles. The number of hydrogen-bond acceptors (Lipinski definition) is 3. The second kappa shape index (κ2) is 19.0. The zero-order valence-corrected chi connectivity index (χ0v) is 39.3. The van der Waals surface area contributed by atoms with Gasteiger partial charge in [0.05, 0.1) is 22.4 Å². The van der Waals surface area contributed by atoms with Crippen LogP contribution in [-0.4, -0.2) is 10.4 Å². The van der Waals surface area contributed by atoms with Crippen LogP contribution in [0.25, 0.3) is 60.5 Å². The van der Waals surface area contributed by atoms with Crippen molar-refractivity contribution in [1.82, 2.24) is 4.57 Å². The number of nitrogens with two attached hydrogens (primary N) is 2. The Morgan fingerprint density at radius 2 is 1.07 bits per heavy atom. The molecule has 69 heavy (non-hydrogen) atoms. The van der Waals surface area contributed by atoms with E-state index in [-0.39, 0.29) is 11.3 Å². The van der Waals surface area contributed by atoms with Gasteiger partial charge in [-0.25, -0.2) is 0 Å². The van der Waals surface area contributed by atoms with Crippen molar-refractivity contribution in [1.29, 1.82) is 5.41 Å². The molecule has 1 aliphatic rings. The van der Waals surface area contributed by atoms with Crippen molar-refractivity contribution < 1.29 is 0 Å². The Morgan fingerprint density at radius 3 is 1.78 bits per heavy atom. The summed E-state index contributed by atoms with van der Waals surface area (Å²) in [5, 5.41) is 12.1. The molecule has 0 spiro atoms. The van der Waals surface area contributed by atoms with Crippen LogP contribution in [0, 0.1) is 12.3 Å². The lowest BCUT2D eigenvalue weighted by molar-refractivity contribution is 0.632. The van der Waals surface area contributed by atoms with Crippen molar-refractivity contribution >= 4 is 55.5 Å². The fourth-order valence-electron chi connectivity index (χ4n) is 9.85. The lowest BCUT2D eigenvalue weighted by Gasteiger charge is -2.42. The van der Waals surface area contributed by atoms with Gasteiger partial charge in [-0.05, 0) is 111 Å². The molecule has 5 heteroatoms. The summed E-state index contributed by atoms with van der Waals surface area (Å²) in [4.78, 5) is 2.44. The summed E-state index contributed by atoms with van der Waals surface area (Å²) >= 11 is 0. The van der Waals surface area contributed by atoms with E-state index in [1.54, 1.807) is 0 Å². The highest BCUT2D eigenvalue weighted by atomic mass is 15.2. The number of nitrogen functional groups attached to an aromatic ring is 1. The van der Waals surface area contributed by atoms with Crippen LogP contribution >= 0.6 is 0 Å². The Kier molecular flexibility index (Phi) is 12.2. The van der Waals surface area contributed by atoms with E-state index >= 15 is 0 Å². The van der Waals surface area contributed by atoms with Gasteiger partial charge < -0.3 is 20.9 Å². The van der Waals surface area contributed by atoms with Crippen molar-refractivity contribution in [3.05, 3.63) is 264 Å². The van der Waals surface area contributed by atoms with E-state index < -0.39 is 0 Å². The highest BCUT2D eigenvalue weighted by Crippen LogP contribution is 2.52. The average molecular weight is 894 g/mol. The van der Waals surface area contributed by atoms with Gasteiger partial charge in [0.15, 0.2) is 0 Å². The minimum absolute atomic E-state index is 0.121. The molecule has 0 atom stereocenters. The van der Waals surface area contributed by atoms with Crippen LogP contribution in [0.15, 0.2) is 237 Å². The van der Waals surface area contributed by atoms with E-state index in [1.165, 1.54) is 99.8 Å². The van der Waals surface area contributed by atoms with Crippen molar-refractivity contribution in [2.75, 3.05) is 4.90 Å². The first kappa shape index (κ1) is 44.3. The number of amidine groups is 1. The van der Waals surface area contributed by atoms with Gasteiger partial charge in [0.2, 0.25) is 0 Å². The Labute approximate surface area is 405 Å². The van der Waals surface area contributed by atoms with Crippen LogP contribution in [0.4, 0.5) is 17.1 Å². The second-order valence-electron chi connectivity index (χ2n) is 18.2. The molecule has 0 saturated heterocycles. The standard InChI is InChI=1S/C44H34N2.C13H13N.C7H8N2/c1-29-12-11-16-34(26-29)46-40-25-22-30-13-7-8-17-35(30)43(40)36-23-20-31(27-41(36)46)32-21-24-38-42(28-32)45(33-14-5-4-6-15-33)39-19-10-9-18-37(39)44(38,2)3;14-10-11-6-8-13(9-7-11)12-4-2-1-3-5-12;8-7(9)6-4-2-1-3-5-6/h4-28H,1-3H3;1-9H,10,14H2;1-5H,(H3,8,9). The number of nitrogens with zero attached hydrogens (tertiary/aromatic N) is 2. The summed E-state index contributed by atoms with van der Waals surface area (Å²) < 4.78 is 2.45. The summed E-state index contributed by atoms with van der Waals surface area (Å²) in [6.07, 6.45) is 0. The number of benzene rings is 10. The topological polar surface area (TPSA) is 84.1 Å². The SMILES string of the molecule is Cc1cccc(-n2c3cc(-c4ccc5c(c4)N(c4ccccc4)c4ccccc4C5(C)C)ccc3c3c4ccccc4ccc32)c1.N=C(N)c1ccccc1.NCc1ccc(-c2ccccc2)cc1. The third-order valence-electron chi connectivity index (χ3n) is 13.4. The maximum Gasteiger partial charge on any atom is 0.122 e. The number of hydrogen-bond donors (Lipinski definition) is 3. The molecule has 0 radical (unpaired) electrons. The molecular formula is C64H55N5. The molecule has 2 heterocycles. The summed E-state index contributed by atoms with van der Waals surface area (Å²) in [5.74, 6) is 0.121. The highest BCUT2D eigenvalue weighted by Gasteiger charge is 2.37. The monoisotopic (exact) mass is 893 g/mol. The highest BCUT2D eigenvalue weighted by molar-refractivity contribution is 6.21. The number of aromatic nitrogens is 1.